The Morgan fingerprint density at radius 1 is 1.19 bits per heavy atom. The van der Waals surface area contributed by atoms with Crippen molar-refractivity contribution in [3.63, 3.8) is 0 Å². The predicted octanol–water partition coefficient (Wildman–Crippen LogP) is 4.83. The molecular formula is C21H24ClF2N3O5. The van der Waals surface area contributed by atoms with E-state index in [2.05, 4.69) is 20.0 Å². The number of ether oxygens (including phenoxy) is 1. The van der Waals surface area contributed by atoms with Gasteiger partial charge in [0.25, 0.3) is 5.92 Å². The molecular weight excluding hydrogens is 448 g/mol. The van der Waals surface area contributed by atoms with Gasteiger partial charge in [-0.2, -0.15) is 8.78 Å². The zero-order valence-electron chi connectivity index (χ0n) is 18.2. The summed E-state index contributed by atoms with van der Waals surface area (Å²) in [5, 5.41) is 11.9. The number of nitrogens with zero attached hydrogens (tertiary/aromatic N) is 2. The lowest BCUT2D eigenvalue weighted by Crippen LogP contribution is -2.18. The molecule has 0 aliphatic heterocycles. The molecule has 174 valence electrons. The highest BCUT2D eigenvalue weighted by molar-refractivity contribution is 6.30. The van der Waals surface area contributed by atoms with Gasteiger partial charge in [-0.25, -0.2) is 19.6 Å². The summed E-state index contributed by atoms with van der Waals surface area (Å²) in [5.41, 5.74) is -0.379. The fraction of sp³-hybridized carbons (Fsp3) is 0.381. The molecule has 1 atom stereocenters. The molecule has 2 aromatic rings. The second-order valence-electron chi connectivity index (χ2n) is 6.89. The molecule has 2 aromatic heterocycles. The van der Waals surface area contributed by atoms with E-state index < -0.39 is 23.6 Å². The zero-order valence-corrected chi connectivity index (χ0v) is 19.0. The molecule has 0 bridgehead atoms. The number of pyridine rings is 2. The van der Waals surface area contributed by atoms with E-state index in [0.29, 0.717) is 6.92 Å². The Kier molecular flexibility index (Phi) is 9.64. The van der Waals surface area contributed by atoms with Crippen LogP contribution in [0.15, 0.2) is 24.3 Å². The van der Waals surface area contributed by atoms with Gasteiger partial charge in [0.15, 0.2) is 5.78 Å². The van der Waals surface area contributed by atoms with E-state index in [9.17, 15) is 23.2 Å². The number of rotatable bonds is 7. The number of halogens is 3. The van der Waals surface area contributed by atoms with E-state index in [0.717, 1.165) is 12.5 Å². The average Bonchev–Trinajstić information content (AvgIpc) is 2.72. The lowest BCUT2D eigenvalue weighted by atomic mass is 10.1. The number of carbonyl (C=O) groups is 3. The predicted molar refractivity (Wildman–Crippen MR) is 115 cm³/mol. The van der Waals surface area contributed by atoms with Crippen molar-refractivity contribution in [2.75, 3.05) is 12.4 Å². The van der Waals surface area contributed by atoms with E-state index in [4.69, 9.17) is 16.7 Å². The topological polar surface area (TPSA) is 118 Å². The Balaban J connectivity index is 0.000000330. The third kappa shape index (κ3) is 8.18. The molecule has 2 rings (SSSR count). The number of hydrogen-bond donors (Lipinski definition) is 2. The molecule has 0 fully saturated rings. The minimum atomic E-state index is -3.17. The molecule has 0 aliphatic carbocycles. The largest absolute Gasteiger partial charge is 0.478 e. The Hall–Kier alpha value is -3.14. The first-order valence-corrected chi connectivity index (χ1v) is 9.83. The molecule has 0 saturated heterocycles. The van der Waals surface area contributed by atoms with Crippen LogP contribution >= 0.6 is 11.6 Å². The van der Waals surface area contributed by atoms with Gasteiger partial charge >= 0.3 is 11.9 Å². The maximum atomic E-state index is 13.2. The molecule has 8 nitrogen and oxygen atoms in total. The molecule has 11 heteroatoms. The number of carboxylic acids is 1. The first kappa shape index (κ1) is 26.9. The van der Waals surface area contributed by atoms with Gasteiger partial charge in [-0.05, 0) is 37.6 Å². The number of nitrogens with one attached hydrogen (secondary N) is 1. The number of methoxy groups -OCH3 is 1. The van der Waals surface area contributed by atoms with Crippen LogP contribution in [0.5, 0.6) is 0 Å². The minimum Gasteiger partial charge on any atom is -0.478 e. The summed E-state index contributed by atoms with van der Waals surface area (Å²) in [6.07, 6.45) is 0.775. The first-order chi connectivity index (χ1) is 14.8. The number of alkyl halides is 2. The fourth-order valence-electron chi connectivity index (χ4n) is 2.22. The molecule has 0 saturated carbocycles. The van der Waals surface area contributed by atoms with Gasteiger partial charge in [0.2, 0.25) is 0 Å². The number of ketones is 1. The van der Waals surface area contributed by atoms with E-state index in [1.165, 1.54) is 32.2 Å². The first-order valence-electron chi connectivity index (χ1n) is 9.45. The van der Waals surface area contributed by atoms with Crippen LogP contribution in [0.2, 0.25) is 5.15 Å². The van der Waals surface area contributed by atoms with Crippen molar-refractivity contribution in [3.05, 3.63) is 51.9 Å². The van der Waals surface area contributed by atoms with Crippen molar-refractivity contribution in [1.82, 2.24) is 9.97 Å². The number of carboxylic acid groups (broad SMARTS) is 1. The van der Waals surface area contributed by atoms with Crippen molar-refractivity contribution in [3.8, 4) is 0 Å². The van der Waals surface area contributed by atoms with Crippen molar-refractivity contribution in [2.24, 2.45) is 0 Å². The lowest BCUT2D eigenvalue weighted by molar-refractivity contribution is 0.0128. The van der Waals surface area contributed by atoms with Crippen LogP contribution in [0, 0.1) is 0 Å². The molecule has 0 aliphatic rings. The number of esters is 1. The monoisotopic (exact) mass is 471 g/mol. The van der Waals surface area contributed by atoms with Crippen LogP contribution in [-0.4, -0.2) is 45.9 Å². The van der Waals surface area contributed by atoms with E-state index in [1.807, 2.05) is 13.8 Å². The maximum Gasteiger partial charge on any atom is 0.338 e. The van der Waals surface area contributed by atoms with Crippen molar-refractivity contribution < 1.29 is 33.0 Å². The summed E-state index contributed by atoms with van der Waals surface area (Å²) in [6.45, 7) is 5.82. The summed E-state index contributed by atoms with van der Waals surface area (Å²) in [7, 11) is 1.25. The number of anilines is 1. The van der Waals surface area contributed by atoms with Gasteiger partial charge in [-0.15, -0.1) is 0 Å². The number of aromatic nitrogens is 2. The Morgan fingerprint density at radius 3 is 2.28 bits per heavy atom. The average molecular weight is 472 g/mol. The molecule has 0 unspecified atom stereocenters. The number of aromatic carboxylic acids is 1. The normalized spacial score (nSPS) is 11.6. The fourth-order valence-corrected chi connectivity index (χ4v) is 2.43. The molecule has 0 radical (unpaired) electrons. The Labute approximate surface area is 189 Å². The number of Topliss-reactive ketones (excluding diaryl/α,β-unsaturated/α-hetero) is 1. The highest BCUT2D eigenvalue weighted by Gasteiger charge is 2.28. The summed E-state index contributed by atoms with van der Waals surface area (Å²) in [6, 6.07) is 4.87. The standard InChI is InChI=1S/C12H16F2N2O2.C9H8ClNO3/c1-4-7(2)15-10-6-8(11(17)18)5-9(16-10)12(3,13)14;1-5(12)7-3-6(9(13)14-2)4-8(10)11-7/h5-7H,4H2,1-3H3,(H,15,16)(H,17,18);3-4H,1-2H3/t7-;/m0./s1. The minimum absolute atomic E-state index is 0.0277. The maximum absolute atomic E-state index is 13.2. The van der Waals surface area contributed by atoms with Gasteiger partial charge in [-0.3, -0.25) is 4.79 Å². The molecule has 32 heavy (non-hydrogen) atoms. The summed E-state index contributed by atoms with van der Waals surface area (Å²) < 4.78 is 30.9. The molecule has 0 aromatic carbocycles. The third-order valence-corrected chi connectivity index (χ3v) is 4.30. The van der Waals surface area contributed by atoms with Crippen LogP contribution in [0.25, 0.3) is 0 Å². The van der Waals surface area contributed by atoms with Gasteiger partial charge in [0.05, 0.1) is 18.2 Å². The molecule has 2 N–H and O–H groups in total. The smallest absolute Gasteiger partial charge is 0.338 e. The number of hydrogen-bond acceptors (Lipinski definition) is 7. The van der Waals surface area contributed by atoms with Gasteiger partial charge in [-0.1, -0.05) is 18.5 Å². The SMILES string of the molecule is CC[C@H](C)Nc1cc(C(=O)O)cc(C(C)(F)F)n1.COC(=O)c1cc(Cl)nc(C(C)=O)c1. The van der Waals surface area contributed by atoms with Gasteiger partial charge in [0.1, 0.15) is 22.4 Å². The Bertz CT molecular complexity index is 996. The van der Waals surface area contributed by atoms with Crippen molar-refractivity contribution in [1.29, 1.82) is 0 Å². The highest BCUT2D eigenvalue weighted by atomic mass is 35.5. The molecule has 0 spiro atoms. The van der Waals surface area contributed by atoms with Gasteiger partial charge in [0, 0.05) is 19.9 Å². The zero-order chi connectivity index (χ0) is 24.6. The van der Waals surface area contributed by atoms with E-state index in [-0.39, 0.29) is 39.6 Å². The summed E-state index contributed by atoms with van der Waals surface area (Å²) >= 11 is 5.62. The van der Waals surface area contributed by atoms with Crippen molar-refractivity contribution in [2.45, 2.75) is 46.1 Å². The summed E-state index contributed by atoms with van der Waals surface area (Å²) in [4.78, 5) is 40.5. The quantitative estimate of drug-likeness (QED) is 0.335. The second kappa shape index (κ2) is 11.5. The van der Waals surface area contributed by atoms with Crippen LogP contribution < -0.4 is 5.32 Å². The second-order valence-corrected chi connectivity index (χ2v) is 7.27. The molecule has 0 amide bonds. The van der Waals surface area contributed by atoms with E-state index in [1.54, 1.807) is 0 Å². The third-order valence-electron chi connectivity index (χ3n) is 4.10. The van der Waals surface area contributed by atoms with Crippen LogP contribution in [-0.2, 0) is 10.7 Å². The van der Waals surface area contributed by atoms with Crippen LogP contribution in [0.1, 0.15) is 71.0 Å². The highest BCUT2D eigenvalue weighted by Crippen LogP contribution is 2.27. The molecule has 2 heterocycles. The van der Waals surface area contributed by atoms with Crippen LogP contribution in [0.4, 0.5) is 14.6 Å². The summed E-state index contributed by atoms with van der Waals surface area (Å²) in [5.74, 6) is -5.07. The van der Waals surface area contributed by atoms with Crippen LogP contribution in [0.3, 0.4) is 0 Å². The Morgan fingerprint density at radius 2 is 1.81 bits per heavy atom. The lowest BCUT2D eigenvalue weighted by Gasteiger charge is -2.16. The van der Waals surface area contributed by atoms with Gasteiger partial charge < -0.3 is 15.2 Å². The van der Waals surface area contributed by atoms with E-state index >= 15 is 0 Å². The number of carbonyl (C=O) groups excluding carboxylic acids is 2. The van der Waals surface area contributed by atoms with Crippen molar-refractivity contribution >= 4 is 35.1 Å².